The van der Waals surface area contributed by atoms with Crippen molar-refractivity contribution in [2.24, 2.45) is 5.73 Å². The normalized spacial score (nSPS) is 10.1. The summed E-state index contributed by atoms with van der Waals surface area (Å²) in [5.74, 6) is 2.44. The third-order valence-electron chi connectivity index (χ3n) is 1.43. The monoisotopic (exact) mass is 190 g/mol. The van der Waals surface area contributed by atoms with Crippen molar-refractivity contribution in [1.29, 1.82) is 5.41 Å². The Labute approximate surface area is 78.2 Å². The molecule has 0 aliphatic rings. The third-order valence-corrected chi connectivity index (χ3v) is 2.59. The van der Waals surface area contributed by atoms with Gasteiger partial charge in [0.05, 0.1) is 5.84 Å². The first-order valence-corrected chi connectivity index (χ1v) is 5.44. The van der Waals surface area contributed by atoms with Crippen LogP contribution in [-0.2, 0) is 0 Å². The highest BCUT2D eigenvalue weighted by molar-refractivity contribution is 7.99. The van der Waals surface area contributed by atoms with E-state index in [0.29, 0.717) is 6.61 Å². The number of nitrogens with two attached hydrogens (primary N) is 1. The van der Waals surface area contributed by atoms with E-state index < -0.39 is 0 Å². The quantitative estimate of drug-likeness (QED) is 0.306. The Bertz CT molecular complexity index is 120. The SMILES string of the molecule is N=C(N)CCCCSCCCO. The van der Waals surface area contributed by atoms with Crippen molar-refractivity contribution < 1.29 is 5.11 Å². The van der Waals surface area contributed by atoms with E-state index in [4.69, 9.17) is 16.2 Å². The third kappa shape index (κ3) is 9.78. The lowest BCUT2D eigenvalue weighted by Crippen LogP contribution is -2.08. The van der Waals surface area contributed by atoms with E-state index in [-0.39, 0.29) is 5.84 Å². The number of aliphatic hydroxyl groups excluding tert-OH is 1. The topological polar surface area (TPSA) is 70.1 Å². The molecule has 0 unspecified atom stereocenters. The summed E-state index contributed by atoms with van der Waals surface area (Å²) in [6, 6.07) is 0. The number of aliphatic hydroxyl groups is 1. The van der Waals surface area contributed by atoms with Crippen LogP contribution in [-0.4, -0.2) is 29.1 Å². The van der Waals surface area contributed by atoms with Crippen LogP contribution >= 0.6 is 11.8 Å². The fourth-order valence-corrected chi connectivity index (χ4v) is 1.73. The van der Waals surface area contributed by atoms with Crippen molar-refractivity contribution in [3.05, 3.63) is 0 Å². The zero-order chi connectivity index (χ0) is 9.23. The minimum absolute atomic E-state index is 0.287. The summed E-state index contributed by atoms with van der Waals surface area (Å²) in [5, 5.41) is 15.5. The van der Waals surface area contributed by atoms with Gasteiger partial charge in [-0.3, -0.25) is 5.41 Å². The molecule has 0 saturated carbocycles. The first-order valence-electron chi connectivity index (χ1n) is 4.29. The molecule has 0 radical (unpaired) electrons. The Hall–Kier alpha value is -0.220. The molecule has 0 fully saturated rings. The van der Waals surface area contributed by atoms with E-state index in [1.54, 1.807) is 0 Å². The summed E-state index contributed by atoms with van der Waals surface area (Å²) in [7, 11) is 0. The van der Waals surface area contributed by atoms with Gasteiger partial charge in [-0.25, -0.2) is 0 Å². The lowest BCUT2D eigenvalue weighted by molar-refractivity contribution is 0.296. The molecule has 12 heavy (non-hydrogen) atoms. The highest BCUT2D eigenvalue weighted by atomic mass is 32.2. The van der Waals surface area contributed by atoms with Crippen molar-refractivity contribution in [3.8, 4) is 0 Å². The molecule has 0 amide bonds. The van der Waals surface area contributed by atoms with Crippen molar-refractivity contribution in [2.45, 2.75) is 25.7 Å². The Balaban J connectivity index is 2.86. The molecule has 72 valence electrons. The number of nitrogens with one attached hydrogen (secondary N) is 1. The van der Waals surface area contributed by atoms with E-state index in [1.165, 1.54) is 0 Å². The number of rotatable bonds is 8. The number of amidine groups is 1. The van der Waals surface area contributed by atoms with E-state index in [2.05, 4.69) is 0 Å². The molecule has 0 aliphatic heterocycles. The number of hydrogen-bond acceptors (Lipinski definition) is 3. The molecular formula is C8H18N2OS. The van der Waals surface area contributed by atoms with Crippen molar-refractivity contribution >= 4 is 17.6 Å². The maximum absolute atomic E-state index is 8.48. The van der Waals surface area contributed by atoms with E-state index >= 15 is 0 Å². The van der Waals surface area contributed by atoms with Crippen LogP contribution in [0.25, 0.3) is 0 Å². The Morgan fingerprint density at radius 2 is 1.92 bits per heavy atom. The van der Waals surface area contributed by atoms with Gasteiger partial charge in [-0.15, -0.1) is 0 Å². The molecule has 0 bridgehead atoms. The second-order valence-electron chi connectivity index (χ2n) is 2.67. The predicted octanol–water partition coefficient (Wildman–Crippen LogP) is 1.21. The molecule has 4 heteroatoms. The number of unbranched alkanes of at least 4 members (excludes halogenated alkanes) is 1. The highest BCUT2D eigenvalue weighted by Crippen LogP contribution is 2.06. The maximum atomic E-state index is 8.48. The maximum Gasteiger partial charge on any atom is 0.0905 e. The van der Waals surface area contributed by atoms with Gasteiger partial charge in [-0.2, -0.15) is 11.8 Å². The summed E-state index contributed by atoms with van der Waals surface area (Å²) in [6.07, 6.45) is 3.75. The molecule has 4 N–H and O–H groups in total. The fraction of sp³-hybridized carbons (Fsp3) is 0.875. The summed E-state index contributed by atoms with van der Waals surface area (Å²) in [6.45, 7) is 0.292. The Kier molecular flexibility index (Phi) is 8.71. The van der Waals surface area contributed by atoms with Crippen molar-refractivity contribution in [1.82, 2.24) is 0 Å². The Morgan fingerprint density at radius 3 is 2.50 bits per heavy atom. The largest absolute Gasteiger partial charge is 0.396 e. The van der Waals surface area contributed by atoms with Crippen LogP contribution in [0.5, 0.6) is 0 Å². The molecule has 0 atom stereocenters. The molecule has 0 heterocycles. The van der Waals surface area contributed by atoms with Crippen molar-refractivity contribution in [2.75, 3.05) is 18.1 Å². The molecule has 0 saturated heterocycles. The van der Waals surface area contributed by atoms with E-state index in [0.717, 1.165) is 37.2 Å². The minimum atomic E-state index is 0.287. The van der Waals surface area contributed by atoms with Gasteiger partial charge in [-0.05, 0) is 30.8 Å². The van der Waals surface area contributed by atoms with Gasteiger partial charge in [0.25, 0.3) is 0 Å². The van der Waals surface area contributed by atoms with Crippen LogP contribution in [0.1, 0.15) is 25.7 Å². The fourth-order valence-electron chi connectivity index (χ4n) is 0.788. The lowest BCUT2D eigenvalue weighted by Gasteiger charge is -1.99. The summed E-state index contributed by atoms with van der Waals surface area (Å²) < 4.78 is 0. The molecule has 0 aliphatic carbocycles. The summed E-state index contributed by atoms with van der Waals surface area (Å²) in [5.41, 5.74) is 5.20. The van der Waals surface area contributed by atoms with Crippen LogP contribution in [0.3, 0.4) is 0 Å². The standard InChI is InChI=1S/C8H18N2OS/c9-8(10)4-1-2-6-12-7-3-5-11/h11H,1-7H2,(H3,9,10). The minimum Gasteiger partial charge on any atom is -0.396 e. The van der Waals surface area contributed by atoms with Crippen LogP contribution in [0, 0.1) is 5.41 Å². The van der Waals surface area contributed by atoms with Gasteiger partial charge in [0.2, 0.25) is 0 Å². The molecule has 0 aromatic rings. The van der Waals surface area contributed by atoms with Crippen LogP contribution in [0.2, 0.25) is 0 Å². The average molecular weight is 190 g/mol. The number of thioether (sulfide) groups is 1. The van der Waals surface area contributed by atoms with Crippen LogP contribution < -0.4 is 5.73 Å². The first kappa shape index (κ1) is 11.8. The zero-order valence-corrected chi connectivity index (χ0v) is 8.20. The van der Waals surface area contributed by atoms with E-state index in [1.807, 2.05) is 11.8 Å². The van der Waals surface area contributed by atoms with Gasteiger partial charge in [0.1, 0.15) is 0 Å². The number of hydrogen-bond donors (Lipinski definition) is 3. The molecule has 0 spiro atoms. The van der Waals surface area contributed by atoms with Gasteiger partial charge in [0, 0.05) is 13.0 Å². The smallest absolute Gasteiger partial charge is 0.0905 e. The van der Waals surface area contributed by atoms with Gasteiger partial charge >= 0.3 is 0 Å². The first-order chi connectivity index (χ1) is 5.77. The summed E-state index contributed by atoms with van der Waals surface area (Å²) in [4.78, 5) is 0. The van der Waals surface area contributed by atoms with Gasteiger partial charge in [-0.1, -0.05) is 0 Å². The zero-order valence-electron chi connectivity index (χ0n) is 7.38. The molecular weight excluding hydrogens is 172 g/mol. The average Bonchev–Trinajstić information content (AvgIpc) is 2.02. The Morgan fingerprint density at radius 1 is 1.25 bits per heavy atom. The highest BCUT2D eigenvalue weighted by Gasteiger charge is 1.92. The predicted molar refractivity (Wildman–Crippen MR) is 54.8 cm³/mol. The molecule has 0 aromatic heterocycles. The summed E-state index contributed by atoms with van der Waals surface area (Å²) >= 11 is 1.86. The molecule has 0 rings (SSSR count). The second-order valence-corrected chi connectivity index (χ2v) is 3.90. The lowest BCUT2D eigenvalue weighted by atomic mass is 10.2. The van der Waals surface area contributed by atoms with Crippen molar-refractivity contribution in [3.63, 3.8) is 0 Å². The van der Waals surface area contributed by atoms with Crippen LogP contribution in [0.4, 0.5) is 0 Å². The van der Waals surface area contributed by atoms with Gasteiger partial charge < -0.3 is 10.8 Å². The van der Waals surface area contributed by atoms with Gasteiger partial charge in [0.15, 0.2) is 0 Å². The second kappa shape index (κ2) is 8.87. The molecule has 3 nitrogen and oxygen atoms in total. The molecule has 0 aromatic carbocycles. The van der Waals surface area contributed by atoms with Crippen LogP contribution in [0.15, 0.2) is 0 Å². The van der Waals surface area contributed by atoms with E-state index in [9.17, 15) is 0 Å².